The summed E-state index contributed by atoms with van der Waals surface area (Å²) in [6.07, 6.45) is 4.85. The second kappa shape index (κ2) is 6.50. The summed E-state index contributed by atoms with van der Waals surface area (Å²) in [6.45, 7) is 5.16. The third-order valence-corrected chi connectivity index (χ3v) is 3.56. The first-order valence-electron chi connectivity index (χ1n) is 6.35. The lowest BCUT2D eigenvalue weighted by Crippen LogP contribution is -2.40. The van der Waals surface area contributed by atoms with Gasteiger partial charge in [-0.3, -0.25) is 9.78 Å². The summed E-state index contributed by atoms with van der Waals surface area (Å²) in [5.41, 5.74) is 0.461. The van der Waals surface area contributed by atoms with Crippen molar-refractivity contribution in [2.75, 3.05) is 13.6 Å². The number of aromatic nitrogens is 1. The molecule has 1 aromatic rings. The van der Waals surface area contributed by atoms with Gasteiger partial charge in [0.2, 0.25) is 0 Å². The number of hydrogen-bond acceptors (Lipinski definition) is 3. The lowest BCUT2D eigenvalue weighted by Gasteiger charge is -2.31. The molecule has 4 heteroatoms. The molecular formula is C14H22N2O2. The SMILES string of the molecule is CCC(CC)(CN(C)Cc1cccnc1)C(=O)O. The van der Waals surface area contributed by atoms with Crippen LogP contribution >= 0.6 is 0 Å². The van der Waals surface area contributed by atoms with E-state index in [1.807, 2.05) is 39.2 Å². The molecule has 1 N–H and O–H groups in total. The summed E-state index contributed by atoms with van der Waals surface area (Å²) in [6, 6.07) is 3.90. The van der Waals surface area contributed by atoms with Crippen LogP contribution in [-0.2, 0) is 11.3 Å². The van der Waals surface area contributed by atoms with Crippen molar-refractivity contribution in [3.63, 3.8) is 0 Å². The van der Waals surface area contributed by atoms with Gasteiger partial charge in [0.05, 0.1) is 5.41 Å². The molecule has 0 radical (unpaired) electrons. The maximum absolute atomic E-state index is 11.4. The molecule has 0 unspecified atom stereocenters. The maximum atomic E-state index is 11.4. The second-order valence-corrected chi connectivity index (χ2v) is 4.83. The highest BCUT2D eigenvalue weighted by molar-refractivity contribution is 5.74. The van der Waals surface area contributed by atoms with Crippen LogP contribution in [0.5, 0.6) is 0 Å². The predicted molar refractivity (Wildman–Crippen MR) is 71.2 cm³/mol. The van der Waals surface area contributed by atoms with Gasteiger partial charge in [-0.25, -0.2) is 0 Å². The molecule has 1 aromatic heterocycles. The molecule has 0 aliphatic carbocycles. The van der Waals surface area contributed by atoms with Gasteiger partial charge in [-0.15, -0.1) is 0 Å². The van der Waals surface area contributed by atoms with Gasteiger partial charge >= 0.3 is 5.97 Å². The van der Waals surface area contributed by atoms with Crippen LogP contribution in [-0.4, -0.2) is 34.6 Å². The molecule has 100 valence electrons. The van der Waals surface area contributed by atoms with E-state index in [9.17, 15) is 9.90 Å². The summed E-state index contributed by atoms with van der Waals surface area (Å²) in [7, 11) is 1.95. The van der Waals surface area contributed by atoms with Crippen LogP contribution in [0.4, 0.5) is 0 Å². The molecule has 0 fully saturated rings. The number of pyridine rings is 1. The van der Waals surface area contributed by atoms with Crippen molar-refractivity contribution in [1.82, 2.24) is 9.88 Å². The Morgan fingerprint density at radius 2 is 2.11 bits per heavy atom. The summed E-state index contributed by atoms with van der Waals surface area (Å²) in [5.74, 6) is -0.703. The standard InChI is InChI=1S/C14H22N2O2/c1-4-14(5-2,13(17)18)11-16(3)10-12-7-6-8-15-9-12/h6-9H,4-5,10-11H2,1-3H3,(H,17,18). The highest BCUT2D eigenvalue weighted by atomic mass is 16.4. The fraction of sp³-hybridized carbons (Fsp3) is 0.571. The van der Waals surface area contributed by atoms with E-state index < -0.39 is 11.4 Å². The van der Waals surface area contributed by atoms with Crippen LogP contribution < -0.4 is 0 Å². The average Bonchev–Trinajstić information content (AvgIpc) is 2.37. The van der Waals surface area contributed by atoms with Crippen LogP contribution in [0.15, 0.2) is 24.5 Å². The Morgan fingerprint density at radius 3 is 2.56 bits per heavy atom. The van der Waals surface area contributed by atoms with E-state index >= 15 is 0 Å². The van der Waals surface area contributed by atoms with Crippen molar-refractivity contribution in [3.05, 3.63) is 30.1 Å². The van der Waals surface area contributed by atoms with Crippen LogP contribution in [0.2, 0.25) is 0 Å². The van der Waals surface area contributed by atoms with Gasteiger partial charge in [0, 0.05) is 25.5 Å². The van der Waals surface area contributed by atoms with Crippen molar-refractivity contribution in [1.29, 1.82) is 0 Å². The van der Waals surface area contributed by atoms with Crippen LogP contribution in [0.3, 0.4) is 0 Å². The molecule has 18 heavy (non-hydrogen) atoms. The zero-order valence-electron chi connectivity index (χ0n) is 11.4. The molecule has 0 saturated carbocycles. The van der Waals surface area contributed by atoms with Gasteiger partial charge in [-0.05, 0) is 31.5 Å². The number of carbonyl (C=O) groups is 1. The predicted octanol–water partition coefficient (Wildman–Crippen LogP) is 2.40. The Hall–Kier alpha value is -1.42. The fourth-order valence-corrected chi connectivity index (χ4v) is 2.22. The number of carboxylic acids is 1. The third-order valence-electron chi connectivity index (χ3n) is 3.56. The van der Waals surface area contributed by atoms with E-state index in [2.05, 4.69) is 9.88 Å². The van der Waals surface area contributed by atoms with Crippen LogP contribution in [0.1, 0.15) is 32.3 Å². The number of carboxylic acid groups (broad SMARTS) is 1. The Labute approximate surface area is 109 Å². The average molecular weight is 250 g/mol. The smallest absolute Gasteiger partial charge is 0.310 e. The van der Waals surface area contributed by atoms with Crippen LogP contribution in [0.25, 0.3) is 0 Å². The topological polar surface area (TPSA) is 53.4 Å². The van der Waals surface area contributed by atoms with Crippen molar-refractivity contribution in [3.8, 4) is 0 Å². The lowest BCUT2D eigenvalue weighted by molar-refractivity contribution is -0.150. The summed E-state index contributed by atoms with van der Waals surface area (Å²) >= 11 is 0. The van der Waals surface area contributed by atoms with E-state index in [1.165, 1.54) is 0 Å². The summed E-state index contributed by atoms with van der Waals surface area (Å²) in [4.78, 5) is 17.6. The quantitative estimate of drug-likeness (QED) is 0.807. The van der Waals surface area contributed by atoms with E-state index in [4.69, 9.17) is 0 Å². The molecule has 0 amide bonds. The minimum atomic E-state index is -0.703. The molecule has 0 spiro atoms. The fourth-order valence-electron chi connectivity index (χ4n) is 2.22. The molecule has 1 rings (SSSR count). The zero-order valence-corrected chi connectivity index (χ0v) is 11.4. The Balaban J connectivity index is 2.68. The Kier molecular flexibility index (Phi) is 5.28. The first-order chi connectivity index (χ1) is 8.54. The monoisotopic (exact) mass is 250 g/mol. The second-order valence-electron chi connectivity index (χ2n) is 4.83. The number of hydrogen-bond donors (Lipinski definition) is 1. The van der Waals surface area contributed by atoms with Gasteiger partial charge in [0.15, 0.2) is 0 Å². The number of nitrogens with zero attached hydrogens (tertiary/aromatic N) is 2. The van der Waals surface area contributed by atoms with Gasteiger partial charge in [0.1, 0.15) is 0 Å². The molecule has 0 aliphatic rings. The molecule has 0 aliphatic heterocycles. The minimum absolute atomic E-state index is 0.560. The first kappa shape index (κ1) is 14.6. The van der Waals surface area contributed by atoms with Crippen LogP contribution in [0, 0.1) is 5.41 Å². The van der Waals surface area contributed by atoms with Gasteiger partial charge in [-0.1, -0.05) is 19.9 Å². The molecule has 0 bridgehead atoms. The zero-order chi connectivity index (χ0) is 13.6. The molecule has 4 nitrogen and oxygen atoms in total. The van der Waals surface area contributed by atoms with E-state index in [0.29, 0.717) is 19.4 Å². The Bertz CT molecular complexity index is 375. The summed E-state index contributed by atoms with van der Waals surface area (Å²) < 4.78 is 0. The number of aliphatic carboxylic acids is 1. The first-order valence-corrected chi connectivity index (χ1v) is 6.35. The van der Waals surface area contributed by atoms with Gasteiger partial charge < -0.3 is 10.0 Å². The van der Waals surface area contributed by atoms with Crippen molar-refractivity contribution >= 4 is 5.97 Å². The normalized spacial score (nSPS) is 11.8. The summed E-state index contributed by atoms with van der Waals surface area (Å²) in [5, 5.41) is 9.40. The molecule has 0 saturated heterocycles. The van der Waals surface area contributed by atoms with E-state index in [1.54, 1.807) is 6.20 Å². The Morgan fingerprint density at radius 1 is 1.44 bits per heavy atom. The molecule has 0 atom stereocenters. The maximum Gasteiger partial charge on any atom is 0.310 e. The van der Waals surface area contributed by atoms with Crippen molar-refractivity contribution in [2.24, 2.45) is 5.41 Å². The number of rotatable bonds is 7. The molecular weight excluding hydrogens is 228 g/mol. The highest BCUT2D eigenvalue weighted by Crippen LogP contribution is 2.28. The third kappa shape index (κ3) is 3.53. The molecule has 1 heterocycles. The van der Waals surface area contributed by atoms with Gasteiger partial charge in [-0.2, -0.15) is 0 Å². The van der Waals surface area contributed by atoms with Crippen molar-refractivity contribution < 1.29 is 9.90 Å². The largest absolute Gasteiger partial charge is 0.481 e. The van der Waals surface area contributed by atoms with Crippen molar-refractivity contribution in [2.45, 2.75) is 33.2 Å². The lowest BCUT2D eigenvalue weighted by atomic mass is 9.82. The van der Waals surface area contributed by atoms with Gasteiger partial charge in [0.25, 0.3) is 0 Å². The molecule has 0 aromatic carbocycles. The minimum Gasteiger partial charge on any atom is -0.481 e. The van der Waals surface area contributed by atoms with E-state index in [0.717, 1.165) is 12.1 Å². The highest BCUT2D eigenvalue weighted by Gasteiger charge is 2.35. The van der Waals surface area contributed by atoms with E-state index in [-0.39, 0.29) is 0 Å².